The molecule has 10 nitrogen and oxygen atoms in total. The third kappa shape index (κ3) is 5.74. The van der Waals surface area contributed by atoms with Gasteiger partial charge >= 0.3 is 5.97 Å². The normalized spacial score (nSPS) is 15.0. The van der Waals surface area contributed by atoms with Crippen molar-refractivity contribution in [2.24, 2.45) is 4.99 Å². The lowest BCUT2D eigenvalue weighted by Gasteiger charge is -2.25. The van der Waals surface area contributed by atoms with Gasteiger partial charge in [0, 0.05) is 18.0 Å². The number of aromatic nitrogens is 3. The third-order valence-electron chi connectivity index (χ3n) is 6.14. The molecular weight excluding hydrogens is 632 g/mol. The van der Waals surface area contributed by atoms with E-state index < -0.39 is 12.0 Å². The zero-order valence-corrected chi connectivity index (χ0v) is 26.0. The first-order chi connectivity index (χ1) is 19.7. The summed E-state index contributed by atoms with van der Waals surface area (Å²) in [5, 5.41) is 1.10. The lowest BCUT2D eigenvalue weighted by molar-refractivity contribution is -0.139. The first-order valence-corrected chi connectivity index (χ1v) is 14.8. The Morgan fingerprint density at radius 1 is 1.20 bits per heavy atom. The maximum absolute atomic E-state index is 13.9. The van der Waals surface area contributed by atoms with E-state index in [9.17, 15) is 9.59 Å². The minimum Gasteiger partial charge on any atom is -0.493 e. The Morgan fingerprint density at radius 2 is 1.98 bits per heavy atom. The number of halogens is 1. The summed E-state index contributed by atoms with van der Waals surface area (Å²) in [7, 11) is 3.07. The van der Waals surface area contributed by atoms with Crippen molar-refractivity contribution in [2.45, 2.75) is 37.1 Å². The summed E-state index contributed by atoms with van der Waals surface area (Å²) in [4.78, 5) is 40.8. The first kappa shape index (κ1) is 28.8. The molecule has 3 aromatic heterocycles. The standard InChI is InChI=1S/C28H25BrN4O6S2/c1-6-38-25(35)22-15(3)32-28-33(23(22)16-7-8-19(36-4)20(11-16)37-5)24(34)21(40-28)13-17-12-18(29)26(39-17)41-27-30-10-9-14(2)31-27/h7-13,23H,6H2,1-5H3/b21-13+/t23-/m0/s1. The number of esters is 1. The average molecular weight is 658 g/mol. The van der Waals surface area contributed by atoms with Crippen LogP contribution in [-0.4, -0.2) is 41.3 Å². The number of carbonyl (C=O) groups excluding carboxylic acids is 1. The molecule has 0 bridgehead atoms. The molecule has 0 saturated carbocycles. The number of hydrogen-bond acceptors (Lipinski definition) is 11. The second-order valence-electron chi connectivity index (χ2n) is 8.78. The highest BCUT2D eigenvalue weighted by molar-refractivity contribution is 9.10. The summed E-state index contributed by atoms with van der Waals surface area (Å²) in [6, 6.07) is 8.08. The highest BCUT2D eigenvalue weighted by atomic mass is 79.9. The van der Waals surface area contributed by atoms with Crippen LogP contribution in [0, 0.1) is 6.92 Å². The number of allylic oxidation sites excluding steroid dienone is 1. The average Bonchev–Trinajstić information content (AvgIpc) is 3.44. The zero-order valence-electron chi connectivity index (χ0n) is 22.8. The molecule has 0 N–H and O–H groups in total. The lowest BCUT2D eigenvalue weighted by Crippen LogP contribution is -2.39. The Morgan fingerprint density at radius 3 is 2.68 bits per heavy atom. The zero-order chi connectivity index (χ0) is 29.3. The van der Waals surface area contributed by atoms with Crippen LogP contribution in [0.15, 0.2) is 76.7 Å². The summed E-state index contributed by atoms with van der Waals surface area (Å²) >= 11 is 6.00. The van der Waals surface area contributed by atoms with Crippen LogP contribution in [0.4, 0.5) is 0 Å². The molecule has 4 aromatic rings. The van der Waals surface area contributed by atoms with Gasteiger partial charge in [-0.05, 0) is 78.3 Å². The predicted octanol–water partition coefficient (Wildman–Crippen LogP) is 4.42. The van der Waals surface area contributed by atoms with Crippen LogP contribution < -0.4 is 24.4 Å². The van der Waals surface area contributed by atoms with Gasteiger partial charge in [0.25, 0.3) is 5.56 Å². The second kappa shape index (κ2) is 12.0. The van der Waals surface area contributed by atoms with E-state index in [-0.39, 0.29) is 17.7 Å². The van der Waals surface area contributed by atoms with Crippen LogP contribution in [0.5, 0.6) is 11.5 Å². The number of ether oxygens (including phenoxy) is 3. The van der Waals surface area contributed by atoms with Crippen LogP contribution >= 0.6 is 39.0 Å². The van der Waals surface area contributed by atoms with Crippen molar-refractivity contribution in [3.05, 3.63) is 89.0 Å². The van der Waals surface area contributed by atoms with Gasteiger partial charge in [0.15, 0.2) is 26.5 Å². The molecule has 0 fully saturated rings. The van der Waals surface area contributed by atoms with Gasteiger partial charge in [-0.15, -0.1) is 0 Å². The van der Waals surface area contributed by atoms with Gasteiger partial charge < -0.3 is 18.6 Å². The summed E-state index contributed by atoms with van der Waals surface area (Å²) < 4.78 is 24.9. The fraction of sp³-hybridized carbons (Fsp3) is 0.250. The van der Waals surface area contributed by atoms with E-state index in [1.807, 2.05) is 13.0 Å². The molecule has 4 heterocycles. The van der Waals surface area contributed by atoms with Crippen LogP contribution in [0.25, 0.3) is 6.08 Å². The van der Waals surface area contributed by atoms with Crippen LogP contribution in [0.1, 0.15) is 36.9 Å². The minimum absolute atomic E-state index is 0.181. The Kier molecular flexibility index (Phi) is 8.47. The molecule has 0 unspecified atom stereocenters. The highest BCUT2D eigenvalue weighted by Gasteiger charge is 2.34. The maximum Gasteiger partial charge on any atom is 0.338 e. The number of methoxy groups -OCH3 is 2. The van der Waals surface area contributed by atoms with Crippen molar-refractivity contribution < 1.29 is 23.4 Å². The number of aryl methyl sites for hydroxylation is 1. The van der Waals surface area contributed by atoms with Gasteiger partial charge in [0.2, 0.25) is 0 Å². The Hall–Kier alpha value is -3.68. The number of benzene rings is 1. The summed E-state index contributed by atoms with van der Waals surface area (Å²) in [6.45, 7) is 5.53. The summed E-state index contributed by atoms with van der Waals surface area (Å²) in [6.07, 6.45) is 3.34. The molecule has 0 amide bonds. The molecule has 1 atom stereocenters. The Labute approximate surface area is 251 Å². The van der Waals surface area contributed by atoms with E-state index >= 15 is 0 Å². The molecule has 0 spiro atoms. The minimum atomic E-state index is -0.792. The molecular formula is C28H25BrN4O6S2. The monoisotopic (exact) mass is 656 g/mol. The summed E-state index contributed by atoms with van der Waals surface area (Å²) in [5.41, 5.74) is 1.90. The van der Waals surface area contributed by atoms with Gasteiger partial charge in [0.05, 0.1) is 47.1 Å². The first-order valence-electron chi connectivity index (χ1n) is 12.4. The second-order valence-corrected chi connectivity index (χ2v) is 11.6. The van der Waals surface area contributed by atoms with E-state index in [1.165, 1.54) is 34.8 Å². The van der Waals surface area contributed by atoms with Gasteiger partial charge in [-0.3, -0.25) is 9.36 Å². The van der Waals surface area contributed by atoms with E-state index in [0.717, 1.165) is 5.69 Å². The molecule has 0 saturated heterocycles. The number of carbonyl (C=O) groups is 1. The smallest absolute Gasteiger partial charge is 0.338 e. The van der Waals surface area contributed by atoms with Gasteiger partial charge in [0.1, 0.15) is 5.76 Å². The molecule has 0 radical (unpaired) electrons. The van der Waals surface area contributed by atoms with Gasteiger partial charge in [-0.25, -0.2) is 19.8 Å². The summed E-state index contributed by atoms with van der Waals surface area (Å²) in [5.74, 6) is 0.905. The largest absolute Gasteiger partial charge is 0.493 e. The van der Waals surface area contributed by atoms with Crippen molar-refractivity contribution in [3.63, 3.8) is 0 Å². The van der Waals surface area contributed by atoms with E-state index in [4.69, 9.17) is 18.6 Å². The quantitative estimate of drug-likeness (QED) is 0.201. The van der Waals surface area contributed by atoms with Gasteiger partial charge in [-0.2, -0.15) is 0 Å². The van der Waals surface area contributed by atoms with E-state index in [0.29, 0.717) is 52.6 Å². The lowest BCUT2D eigenvalue weighted by atomic mass is 9.95. The molecule has 13 heteroatoms. The van der Waals surface area contributed by atoms with Crippen molar-refractivity contribution in [1.82, 2.24) is 14.5 Å². The number of rotatable bonds is 8. The SMILES string of the molecule is CCOC(=O)C1=C(C)N=c2s/c(=C/c3cc(Br)c(Sc4nccc(C)n4)o3)c(=O)n2[C@H]1c1ccc(OC)c(OC)c1. The third-order valence-corrected chi connectivity index (χ3v) is 8.85. The number of nitrogens with zero attached hydrogens (tertiary/aromatic N) is 4. The fourth-order valence-electron chi connectivity index (χ4n) is 4.33. The van der Waals surface area contributed by atoms with Crippen molar-refractivity contribution >= 4 is 51.1 Å². The molecule has 5 rings (SSSR count). The van der Waals surface area contributed by atoms with Crippen LogP contribution in [0.2, 0.25) is 0 Å². The molecule has 0 aliphatic carbocycles. The molecule has 41 heavy (non-hydrogen) atoms. The van der Waals surface area contributed by atoms with E-state index in [2.05, 4.69) is 30.9 Å². The van der Waals surface area contributed by atoms with Crippen LogP contribution in [0.3, 0.4) is 0 Å². The fourth-order valence-corrected chi connectivity index (χ4v) is 6.67. The van der Waals surface area contributed by atoms with Crippen molar-refractivity contribution in [1.29, 1.82) is 0 Å². The predicted molar refractivity (Wildman–Crippen MR) is 157 cm³/mol. The molecule has 1 aliphatic rings. The molecule has 1 aromatic carbocycles. The van der Waals surface area contributed by atoms with Gasteiger partial charge in [-0.1, -0.05) is 17.4 Å². The number of furan rings is 1. The van der Waals surface area contributed by atoms with E-state index in [1.54, 1.807) is 57.5 Å². The Bertz CT molecular complexity index is 1860. The van der Waals surface area contributed by atoms with Crippen molar-refractivity contribution in [2.75, 3.05) is 20.8 Å². The van der Waals surface area contributed by atoms with Crippen molar-refractivity contribution in [3.8, 4) is 11.5 Å². The number of fused-ring (bicyclic) bond motifs is 1. The number of hydrogen-bond donors (Lipinski definition) is 0. The van der Waals surface area contributed by atoms with Crippen LogP contribution in [-0.2, 0) is 9.53 Å². The highest BCUT2D eigenvalue weighted by Crippen LogP contribution is 2.37. The maximum atomic E-state index is 13.9. The Balaban J connectivity index is 1.62. The number of thiazole rings is 1. The molecule has 1 aliphatic heterocycles. The topological polar surface area (TPSA) is 118 Å². The molecule has 212 valence electrons.